The van der Waals surface area contributed by atoms with Gasteiger partial charge in [-0.2, -0.15) is 0 Å². The van der Waals surface area contributed by atoms with Crippen LogP contribution >= 0.6 is 0 Å². The zero-order valence-corrected chi connectivity index (χ0v) is 9.36. The van der Waals surface area contributed by atoms with Crippen LogP contribution in [0.2, 0.25) is 0 Å². The highest BCUT2D eigenvalue weighted by Gasteiger charge is 2.04. The lowest BCUT2D eigenvalue weighted by atomic mass is 10.1. The summed E-state index contributed by atoms with van der Waals surface area (Å²) in [6.07, 6.45) is 3.79. The fourth-order valence-electron chi connectivity index (χ4n) is 1.30. The average Bonchev–Trinajstić information content (AvgIpc) is 2.25. The number of carbonyl (C=O) groups is 1. The van der Waals surface area contributed by atoms with Crippen molar-refractivity contribution in [2.75, 3.05) is 6.54 Å². The Morgan fingerprint density at radius 3 is 2.87 bits per heavy atom. The molecule has 0 atom stereocenters. The molecule has 0 aliphatic heterocycles. The number of hydrogen-bond acceptors (Lipinski definition) is 2. The minimum atomic E-state index is -0.0839. The van der Waals surface area contributed by atoms with Crippen molar-refractivity contribution >= 4 is 5.91 Å². The van der Waals surface area contributed by atoms with Crippen LogP contribution in [0.4, 0.5) is 0 Å². The van der Waals surface area contributed by atoms with E-state index >= 15 is 0 Å². The van der Waals surface area contributed by atoms with E-state index in [0.29, 0.717) is 11.6 Å². The summed E-state index contributed by atoms with van der Waals surface area (Å²) in [6.45, 7) is 5.09. The number of rotatable bonds is 5. The molecule has 0 saturated carbocycles. The first-order chi connectivity index (χ1) is 7.20. The lowest BCUT2D eigenvalue weighted by Gasteiger charge is -2.06. The second-order valence-corrected chi connectivity index (χ2v) is 4.01. The number of carbonyl (C=O) groups excluding carboxylic acids is 1. The summed E-state index contributed by atoms with van der Waals surface area (Å²) in [4.78, 5) is 15.5. The van der Waals surface area contributed by atoms with E-state index in [1.807, 2.05) is 6.07 Å². The summed E-state index contributed by atoms with van der Waals surface area (Å²) in [5.41, 5.74) is 0.488. The van der Waals surface area contributed by atoms with Gasteiger partial charge < -0.3 is 5.32 Å². The van der Waals surface area contributed by atoms with Gasteiger partial charge in [0.2, 0.25) is 0 Å². The number of aromatic nitrogens is 1. The van der Waals surface area contributed by atoms with Crippen LogP contribution in [0.5, 0.6) is 0 Å². The highest BCUT2D eigenvalue weighted by atomic mass is 16.1. The zero-order valence-electron chi connectivity index (χ0n) is 9.36. The normalized spacial score (nSPS) is 10.3. The number of nitrogens with one attached hydrogen (secondary N) is 1. The molecule has 82 valence electrons. The fraction of sp³-hybridized carbons (Fsp3) is 0.500. The topological polar surface area (TPSA) is 42.0 Å². The van der Waals surface area contributed by atoms with E-state index in [9.17, 15) is 4.79 Å². The van der Waals surface area contributed by atoms with Crippen molar-refractivity contribution in [1.82, 2.24) is 10.3 Å². The smallest absolute Gasteiger partial charge is 0.269 e. The van der Waals surface area contributed by atoms with Crippen molar-refractivity contribution in [1.29, 1.82) is 0 Å². The Morgan fingerprint density at radius 1 is 1.47 bits per heavy atom. The van der Waals surface area contributed by atoms with Gasteiger partial charge in [0.05, 0.1) is 0 Å². The Kier molecular flexibility index (Phi) is 4.81. The van der Waals surface area contributed by atoms with Crippen LogP contribution < -0.4 is 5.32 Å². The highest BCUT2D eigenvalue weighted by molar-refractivity contribution is 5.92. The third-order valence-corrected chi connectivity index (χ3v) is 2.14. The summed E-state index contributed by atoms with van der Waals surface area (Å²) in [5, 5.41) is 2.85. The summed E-state index contributed by atoms with van der Waals surface area (Å²) < 4.78 is 0. The third-order valence-electron chi connectivity index (χ3n) is 2.14. The molecule has 0 unspecified atom stereocenters. The molecule has 1 amide bonds. The minimum Gasteiger partial charge on any atom is -0.351 e. The molecule has 0 bridgehead atoms. The maximum absolute atomic E-state index is 11.5. The standard InChI is InChI=1S/C12H18N2O/c1-10(2)6-5-9-14-12(15)11-7-3-4-8-13-11/h3-4,7-8,10H,5-6,9H2,1-2H3,(H,14,15). The minimum absolute atomic E-state index is 0.0839. The van der Waals surface area contributed by atoms with E-state index in [-0.39, 0.29) is 5.91 Å². The molecule has 0 radical (unpaired) electrons. The van der Waals surface area contributed by atoms with Crippen molar-refractivity contribution in [3.63, 3.8) is 0 Å². The zero-order chi connectivity index (χ0) is 11.1. The molecule has 0 fully saturated rings. The molecule has 0 aromatic carbocycles. The first kappa shape index (κ1) is 11.7. The Balaban J connectivity index is 2.25. The van der Waals surface area contributed by atoms with Gasteiger partial charge in [0.15, 0.2) is 0 Å². The average molecular weight is 206 g/mol. The van der Waals surface area contributed by atoms with E-state index < -0.39 is 0 Å². The molecule has 0 aliphatic carbocycles. The second kappa shape index (κ2) is 6.17. The van der Waals surface area contributed by atoms with Crippen molar-refractivity contribution < 1.29 is 4.79 Å². The summed E-state index contributed by atoms with van der Waals surface area (Å²) in [6, 6.07) is 5.34. The van der Waals surface area contributed by atoms with E-state index in [0.717, 1.165) is 19.4 Å². The summed E-state index contributed by atoms with van der Waals surface area (Å²) in [5.74, 6) is 0.608. The van der Waals surface area contributed by atoms with Crippen molar-refractivity contribution in [2.24, 2.45) is 5.92 Å². The first-order valence-corrected chi connectivity index (χ1v) is 5.39. The molecular formula is C12H18N2O. The maximum atomic E-state index is 11.5. The largest absolute Gasteiger partial charge is 0.351 e. The Labute approximate surface area is 90.9 Å². The number of hydrogen-bond donors (Lipinski definition) is 1. The van der Waals surface area contributed by atoms with Crippen molar-refractivity contribution in [2.45, 2.75) is 26.7 Å². The highest BCUT2D eigenvalue weighted by Crippen LogP contribution is 2.02. The number of nitrogens with zero attached hydrogens (tertiary/aromatic N) is 1. The van der Waals surface area contributed by atoms with Gasteiger partial charge in [-0.15, -0.1) is 0 Å². The van der Waals surface area contributed by atoms with Gasteiger partial charge in [0, 0.05) is 12.7 Å². The van der Waals surface area contributed by atoms with E-state index in [1.54, 1.807) is 18.3 Å². The molecular weight excluding hydrogens is 188 g/mol. The molecule has 15 heavy (non-hydrogen) atoms. The van der Waals surface area contributed by atoms with E-state index in [2.05, 4.69) is 24.1 Å². The van der Waals surface area contributed by atoms with E-state index in [1.165, 1.54) is 0 Å². The SMILES string of the molecule is CC(C)CCCNC(=O)c1ccccn1. The Hall–Kier alpha value is -1.38. The van der Waals surface area contributed by atoms with Gasteiger partial charge in [0.25, 0.3) is 5.91 Å². The van der Waals surface area contributed by atoms with Gasteiger partial charge in [-0.25, -0.2) is 0 Å². The molecule has 0 spiro atoms. The number of pyridine rings is 1. The molecule has 1 rings (SSSR count). The molecule has 1 heterocycles. The van der Waals surface area contributed by atoms with Crippen molar-refractivity contribution in [3.05, 3.63) is 30.1 Å². The van der Waals surface area contributed by atoms with Gasteiger partial charge in [-0.3, -0.25) is 9.78 Å². The monoisotopic (exact) mass is 206 g/mol. The maximum Gasteiger partial charge on any atom is 0.269 e. The molecule has 3 nitrogen and oxygen atoms in total. The van der Waals surface area contributed by atoms with Crippen LogP contribution in [0, 0.1) is 5.92 Å². The third kappa shape index (κ3) is 4.58. The Bertz CT molecular complexity index is 296. The van der Waals surface area contributed by atoms with Gasteiger partial charge >= 0.3 is 0 Å². The van der Waals surface area contributed by atoms with Gasteiger partial charge in [-0.05, 0) is 30.9 Å². The first-order valence-electron chi connectivity index (χ1n) is 5.39. The predicted octanol–water partition coefficient (Wildman–Crippen LogP) is 2.25. The van der Waals surface area contributed by atoms with Crippen molar-refractivity contribution in [3.8, 4) is 0 Å². The lowest BCUT2D eigenvalue weighted by Crippen LogP contribution is -2.25. The molecule has 1 N–H and O–H groups in total. The summed E-state index contributed by atoms with van der Waals surface area (Å²) in [7, 11) is 0. The molecule has 0 aliphatic rings. The van der Waals surface area contributed by atoms with Crippen LogP contribution in [0.1, 0.15) is 37.2 Å². The van der Waals surface area contributed by atoms with Crippen LogP contribution in [-0.4, -0.2) is 17.4 Å². The molecule has 3 heteroatoms. The summed E-state index contributed by atoms with van der Waals surface area (Å²) >= 11 is 0. The molecule has 1 aromatic heterocycles. The van der Waals surface area contributed by atoms with Gasteiger partial charge in [0.1, 0.15) is 5.69 Å². The van der Waals surface area contributed by atoms with E-state index in [4.69, 9.17) is 0 Å². The quantitative estimate of drug-likeness (QED) is 0.751. The predicted molar refractivity (Wildman–Crippen MR) is 60.6 cm³/mol. The van der Waals surface area contributed by atoms with Crippen LogP contribution in [0.3, 0.4) is 0 Å². The van der Waals surface area contributed by atoms with Gasteiger partial charge in [-0.1, -0.05) is 19.9 Å². The molecule has 1 aromatic rings. The fourth-order valence-corrected chi connectivity index (χ4v) is 1.30. The lowest BCUT2D eigenvalue weighted by molar-refractivity contribution is 0.0947. The molecule has 0 saturated heterocycles. The van der Waals surface area contributed by atoms with Crippen LogP contribution in [0.15, 0.2) is 24.4 Å². The van der Waals surface area contributed by atoms with Crippen LogP contribution in [-0.2, 0) is 0 Å². The Morgan fingerprint density at radius 2 is 2.27 bits per heavy atom. The van der Waals surface area contributed by atoms with Crippen LogP contribution in [0.25, 0.3) is 0 Å². The number of amides is 1. The second-order valence-electron chi connectivity index (χ2n) is 4.01.